The zero-order valence-electron chi connectivity index (χ0n) is 13.9. The summed E-state index contributed by atoms with van der Waals surface area (Å²) in [4.78, 5) is 0. The molecule has 1 heterocycles. The lowest BCUT2D eigenvalue weighted by Gasteiger charge is -2.11. The Labute approximate surface area is 146 Å². The minimum absolute atomic E-state index is 0.191. The molecule has 3 aromatic rings. The Hall–Kier alpha value is -2.11. The molecular weight excluding hydrogens is 318 g/mol. The van der Waals surface area contributed by atoms with E-state index in [1.54, 1.807) is 11.8 Å². The maximum Gasteiger partial charge on any atom is 0.196 e. The zero-order chi connectivity index (χ0) is 16.9. The van der Waals surface area contributed by atoms with Crippen molar-refractivity contribution in [2.45, 2.75) is 25.4 Å². The molecule has 0 fully saturated rings. The summed E-state index contributed by atoms with van der Waals surface area (Å²) in [5.41, 5.74) is 4.52. The molecule has 0 saturated heterocycles. The predicted molar refractivity (Wildman–Crippen MR) is 98.7 cm³/mol. The van der Waals surface area contributed by atoms with Gasteiger partial charge in [0.05, 0.1) is 0 Å². The predicted octanol–water partition coefficient (Wildman–Crippen LogP) is 4.03. The number of aliphatic hydroxyl groups is 1. The third-order valence-corrected chi connectivity index (χ3v) is 4.75. The summed E-state index contributed by atoms with van der Waals surface area (Å²) in [6, 6.07) is 16.7. The van der Waals surface area contributed by atoms with Crippen molar-refractivity contribution in [2.75, 3.05) is 12.4 Å². The SMILES string of the molecule is Cc1ccc(-n2c(SCCCO)nnc2-c2cccc(C)c2)cc1. The van der Waals surface area contributed by atoms with Gasteiger partial charge in [-0.3, -0.25) is 4.57 Å². The highest BCUT2D eigenvalue weighted by Gasteiger charge is 2.16. The van der Waals surface area contributed by atoms with Crippen molar-refractivity contribution >= 4 is 11.8 Å². The Bertz CT molecular complexity index is 812. The Morgan fingerprint density at radius 1 is 1.00 bits per heavy atom. The number of aryl methyl sites for hydroxylation is 2. The van der Waals surface area contributed by atoms with Crippen LogP contribution in [-0.2, 0) is 0 Å². The lowest BCUT2D eigenvalue weighted by molar-refractivity contribution is 0.296. The fraction of sp³-hybridized carbons (Fsp3) is 0.263. The van der Waals surface area contributed by atoms with Crippen molar-refractivity contribution in [2.24, 2.45) is 0 Å². The molecule has 0 unspecified atom stereocenters. The molecule has 0 spiro atoms. The van der Waals surface area contributed by atoms with Crippen LogP contribution in [0.3, 0.4) is 0 Å². The van der Waals surface area contributed by atoms with E-state index in [1.807, 2.05) is 6.07 Å². The molecule has 1 aromatic heterocycles. The minimum atomic E-state index is 0.191. The normalized spacial score (nSPS) is 11.0. The van der Waals surface area contributed by atoms with Crippen LogP contribution in [0.2, 0.25) is 0 Å². The van der Waals surface area contributed by atoms with Gasteiger partial charge in [0.2, 0.25) is 0 Å². The van der Waals surface area contributed by atoms with Crippen LogP contribution in [0.4, 0.5) is 0 Å². The Balaban J connectivity index is 2.07. The first-order chi connectivity index (χ1) is 11.7. The van der Waals surface area contributed by atoms with Crippen molar-refractivity contribution in [1.82, 2.24) is 14.8 Å². The van der Waals surface area contributed by atoms with Crippen LogP contribution >= 0.6 is 11.8 Å². The van der Waals surface area contributed by atoms with Crippen LogP contribution in [0.5, 0.6) is 0 Å². The molecule has 0 aliphatic heterocycles. The van der Waals surface area contributed by atoms with E-state index in [-0.39, 0.29) is 6.61 Å². The van der Waals surface area contributed by atoms with E-state index in [9.17, 15) is 0 Å². The summed E-state index contributed by atoms with van der Waals surface area (Å²) in [5, 5.41) is 18.7. The van der Waals surface area contributed by atoms with E-state index in [0.29, 0.717) is 0 Å². The van der Waals surface area contributed by atoms with Gasteiger partial charge in [-0.2, -0.15) is 0 Å². The molecule has 2 aromatic carbocycles. The average Bonchev–Trinajstić information content (AvgIpc) is 3.00. The molecule has 0 aliphatic carbocycles. The molecule has 24 heavy (non-hydrogen) atoms. The second-order valence-electron chi connectivity index (χ2n) is 5.77. The van der Waals surface area contributed by atoms with Gasteiger partial charge in [0.1, 0.15) is 0 Å². The topological polar surface area (TPSA) is 50.9 Å². The molecule has 124 valence electrons. The molecule has 0 bridgehead atoms. The molecule has 0 amide bonds. The molecule has 0 atom stereocenters. The highest BCUT2D eigenvalue weighted by atomic mass is 32.2. The monoisotopic (exact) mass is 339 g/mol. The van der Waals surface area contributed by atoms with E-state index in [4.69, 9.17) is 5.11 Å². The molecular formula is C19H21N3OS. The van der Waals surface area contributed by atoms with E-state index < -0.39 is 0 Å². The zero-order valence-corrected chi connectivity index (χ0v) is 14.8. The molecule has 0 saturated carbocycles. The van der Waals surface area contributed by atoms with E-state index in [2.05, 4.69) is 71.1 Å². The van der Waals surface area contributed by atoms with E-state index >= 15 is 0 Å². The van der Waals surface area contributed by atoms with Gasteiger partial charge in [-0.25, -0.2) is 0 Å². The Kier molecular flexibility index (Phi) is 5.33. The highest BCUT2D eigenvalue weighted by Crippen LogP contribution is 2.28. The molecule has 4 nitrogen and oxygen atoms in total. The van der Waals surface area contributed by atoms with Gasteiger partial charge in [0.15, 0.2) is 11.0 Å². The summed E-state index contributed by atoms with van der Waals surface area (Å²) in [6.45, 7) is 4.34. The summed E-state index contributed by atoms with van der Waals surface area (Å²) < 4.78 is 2.09. The number of hydrogen-bond acceptors (Lipinski definition) is 4. The Morgan fingerprint density at radius 2 is 1.79 bits per heavy atom. The van der Waals surface area contributed by atoms with Crippen LogP contribution in [0.15, 0.2) is 53.7 Å². The number of aromatic nitrogens is 3. The van der Waals surface area contributed by atoms with Gasteiger partial charge in [-0.15, -0.1) is 10.2 Å². The third kappa shape index (κ3) is 3.68. The molecule has 5 heteroatoms. The average molecular weight is 339 g/mol. The first-order valence-corrected chi connectivity index (χ1v) is 9.01. The first kappa shape index (κ1) is 16.7. The van der Waals surface area contributed by atoms with Crippen molar-refractivity contribution in [3.8, 4) is 17.1 Å². The number of thioether (sulfide) groups is 1. The molecule has 0 aliphatic rings. The van der Waals surface area contributed by atoms with Gasteiger partial charge < -0.3 is 5.11 Å². The number of nitrogens with zero attached hydrogens (tertiary/aromatic N) is 3. The summed E-state index contributed by atoms with van der Waals surface area (Å²) in [5.74, 6) is 1.66. The van der Waals surface area contributed by atoms with Crippen molar-refractivity contribution in [3.63, 3.8) is 0 Å². The smallest absolute Gasteiger partial charge is 0.196 e. The van der Waals surface area contributed by atoms with Crippen LogP contribution in [0.25, 0.3) is 17.1 Å². The lowest BCUT2D eigenvalue weighted by Crippen LogP contribution is -2.00. The van der Waals surface area contributed by atoms with Gasteiger partial charge in [0, 0.05) is 23.6 Å². The van der Waals surface area contributed by atoms with Crippen LogP contribution in [-0.4, -0.2) is 32.2 Å². The molecule has 1 N–H and O–H groups in total. The van der Waals surface area contributed by atoms with Gasteiger partial charge in [-0.05, 0) is 38.5 Å². The standard InChI is InChI=1S/C19H21N3OS/c1-14-7-9-17(10-8-14)22-18(16-6-3-5-15(2)13-16)20-21-19(22)24-12-4-11-23/h3,5-10,13,23H,4,11-12H2,1-2H3. The van der Waals surface area contributed by atoms with E-state index in [1.165, 1.54) is 11.1 Å². The third-order valence-electron chi connectivity index (χ3n) is 3.74. The number of rotatable bonds is 6. The quantitative estimate of drug-likeness (QED) is 0.544. The maximum atomic E-state index is 9.02. The van der Waals surface area contributed by atoms with Crippen molar-refractivity contribution < 1.29 is 5.11 Å². The van der Waals surface area contributed by atoms with Gasteiger partial charge in [-0.1, -0.05) is 53.2 Å². The van der Waals surface area contributed by atoms with E-state index in [0.717, 1.165) is 34.4 Å². The highest BCUT2D eigenvalue weighted by molar-refractivity contribution is 7.99. The largest absolute Gasteiger partial charge is 0.396 e. The fourth-order valence-electron chi connectivity index (χ4n) is 2.49. The van der Waals surface area contributed by atoms with Gasteiger partial charge >= 0.3 is 0 Å². The van der Waals surface area contributed by atoms with Crippen LogP contribution in [0, 0.1) is 13.8 Å². The number of benzene rings is 2. The minimum Gasteiger partial charge on any atom is -0.396 e. The lowest BCUT2D eigenvalue weighted by atomic mass is 10.1. The van der Waals surface area contributed by atoms with Gasteiger partial charge in [0.25, 0.3) is 0 Å². The van der Waals surface area contributed by atoms with Crippen LogP contribution < -0.4 is 0 Å². The molecule has 0 radical (unpaired) electrons. The second-order valence-corrected chi connectivity index (χ2v) is 6.83. The summed E-state index contributed by atoms with van der Waals surface area (Å²) in [7, 11) is 0. The second kappa shape index (κ2) is 7.64. The fourth-order valence-corrected chi connectivity index (χ4v) is 3.36. The first-order valence-electron chi connectivity index (χ1n) is 8.02. The molecule has 3 rings (SSSR count). The van der Waals surface area contributed by atoms with Crippen LogP contribution in [0.1, 0.15) is 17.5 Å². The number of aliphatic hydroxyl groups excluding tert-OH is 1. The summed E-state index contributed by atoms with van der Waals surface area (Å²) in [6.07, 6.45) is 0.741. The van der Waals surface area contributed by atoms with Crippen molar-refractivity contribution in [1.29, 1.82) is 0 Å². The van der Waals surface area contributed by atoms with Crippen molar-refractivity contribution in [3.05, 3.63) is 59.7 Å². The maximum absolute atomic E-state index is 9.02. The number of hydrogen-bond donors (Lipinski definition) is 1. The summed E-state index contributed by atoms with van der Waals surface area (Å²) >= 11 is 1.62. The Morgan fingerprint density at radius 3 is 2.50 bits per heavy atom.